The van der Waals surface area contributed by atoms with E-state index in [1.807, 2.05) is 49.9 Å². The highest BCUT2D eigenvalue weighted by Gasteiger charge is 2.26. The summed E-state index contributed by atoms with van der Waals surface area (Å²) < 4.78 is 7.35. The van der Waals surface area contributed by atoms with Crippen LogP contribution in [0.3, 0.4) is 0 Å². The standard InChI is InChI=1S/C16H21N5O2S/c1-11-6-4-5-7-14(11)21-16(17-18-19-21)24-10-15(22)20-8-12(2)23-13(3)9-20/h4-7,12-13H,8-10H2,1-3H3/t12-,13-/m0/s1. The number of aromatic nitrogens is 4. The largest absolute Gasteiger partial charge is 0.372 e. The third kappa shape index (κ3) is 3.76. The second-order valence-electron chi connectivity index (χ2n) is 6.00. The summed E-state index contributed by atoms with van der Waals surface area (Å²) in [5.74, 6) is 0.396. The maximum Gasteiger partial charge on any atom is 0.233 e. The Kier molecular flexibility index (Phi) is 5.15. The maximum absolute atomic E-state index is 12.5. The molecule has 1 aliphatic rings. The predicted octanol–water partition coefficient (Wildman–Crippen LogP) is 1.70. The molecular formula is C16H21N5O2S. The number of para-hydroxylation sites is 1. The number of hydrogen-bond donors (Lipinski definition) is 0. The zero-order valence-electron chi connectivity index (χ0n) is 14.0. The van der Waals surface area contributed by atoms with Gasteiger partial charge in [0.2, 0.25) is 11.1 Å². The van der Waals surface area contributed by atoms with Crippen molar-refractivity contribution in [3.8, 4) is 5.69 Å². The summed E-state index contributed by atoms with van der Waals surface area (Å²) >= 11 is 1.36. The Hall–Kier alpha value is -1.93. The van der Waals surface area contributed by atoms with Crippen molar-refractivity contribution in [3.05, 3.63) is 29.8 Å². The number of amides is 1. The van der Waals surface area contributed by atoms with Gasteiger partial charge in [0, 0.05) is 13.1 Å². The van der Waals surface area contributed by atoms with Gasteiger partial charge in [0.15, 0.2) is 0 Å². The molecule has 8 heteroatoms. The van der Waals surface area contributed by atoms with Crippen LogP contribution < -0.4 is 0 Å². The lowest BCUT2D eigenvalue weighted by molar-refractivity contribution is -0.140. The molecule has 1 amide bonds. The number of carbonyl (C=O) groups excluding carboxylic acids is 1. The highest BCUT2D eigenvalue weighted by molar-refractivity contribution is 7.99. The van der Waals surface area contributed by atoms with Crippen molar-refractivity contribution >= 4 is 17.7 Å². The van der Waals surface area contributed by atoms with Crippen molar-refractivity contribution < 1.29 is 9.53 Å². The van der Waals surface area contributed by atoms with Gasteiger partial charge in [-0.3, -0.25) is 4.79 Å². The molecule has 1 aliphatic heterocycles. The lowest BCUT2D eigenvalue weighted by Gasteiger charge is -2.35. The van der Waals surface area contributed by atoms with Gasteiger partial charge >= 0.3 is 0 Å². The molecule has 2 atom stereocenters. The molecule has 7 nitrogen and oxygen atoms in total. The van der Waals surface area contributed by atoms with Crippen LogP contribution >= 0.6 is 11.8 Å². The molecule has 0 aliphatic carbocycles. The Morgan fingerprint density at radius 3 is 2.71 bits per heavy atom. The number of ether oxygens (including phenoxy) is 1. The number of tetrazole rings is 1. The molecule has 0 N–H and O–H groups in total. The minimum Gasteiger partial charge on any atom is -0.372 e. The number of thioether (sulfide) groups is 1. The van der Waals surface area contributed by atoms with Crippen LogP contribution in [0.25, 0.3) is 5.69 Å². The average molecular weight is 347 g/mol. The van der Waals surface area contributed by atoms with Gasteiger partial charge in [-0.2, -0.15) is 4.68 Å². The third-order valence-electron chi connectivity index (χ3n) is 3.88. The lowest BCUT2D eigenvalue weighted by atomic mass is 10.2. The molecule has 2 aromatic rings. The van der Waals surface area contributed by atoms with Crippen molar-refractivity contribution in [2.24, 2.45) is 0 Å². The topological polar surface area (TPSA) is 73.1 Å². The van der Waals surface area contributed by atoms with E-state index >= 15 is 0 Å². The summed E-state index contributed by atoms with van der Waals surface area (Å²) in [4.78, 5) is 14.3. The van der Waals surface area contributed by atoms with Crippen LogP contribution in [0.15, 0.2) is 29.4 Å². The first-order valence-corrected chi connectivity index (χ1v) is 8.93. The Bertz CT molecular complexity index is 710. The molecule has 1 fully saturated rings. The number of benzene rings is 1. The quantitative estimate of drug-likeness (QED) is 0.784. The fraction of sp³-hybridized carbons (Fsp3) is 0.500. The molecule has 3 rings (SSSR count). The van der Waals surface area contributed by atoms with Crippen LogP contribution in [0, 0.1) is 6.92 Å². The summed E-state index contributed by atoms with van der Waals surface area (Å²) in [7, 11) is 0. The highest BCUT2D eigenvalue weighted by Crippen LogP contribution is 2.21. The first kappa shape index (κ1) is 16.9. The maximum atomic E-state index is 12.5. The van der Waals surface area contributed by atoms with E-state index in [-0.39, 0.29) is 18.1 Å². The fourth-order valence-electron chi connectivity index (χ4n) is 2.82. The van der Waals surface area contributed by atoms with Crippen molar-refractivity contribution in [1.29, 1.82) is 0 Å². The summed E-state index contributed by atoms with van der Waals surface area (Å²) in [5, 5.41) is 12.5. The highest BCUT2D eigenvalue weighted by atomic mass is 32.2. The van der Waals surface area contributed by atoms with Crippen LogP contribution in [0.2, 0.25) is 0 Å². The molecule has 1 aromatic heterocycles. The molecule has 0 radical (unpaired) electrons. The molecule has 0 bridgehead atoms. The number of hydrogen-bond acceptors (Lipinski definition) is 6. The van der Waals surface area contributed by atoms with Gasteiger partial charge in [-0.05, 0) is 42.8 Å². The lowest BCUT2D eigenvalue weighted by Crippen LogP contribution is -2.48. The van der Waals surface area contributed by atoms with Crippen molar-refractivity contribution in [2.75, 3.05) is 18.8 Å². The SMILES string of the molecule is Cc1ccccc1-n1nnnc1SCC(=O)N1C[C@H](C)O[C@@H](C)C1. The predicted molar refractivity (Wildman–Crippen MR) is 91.2 cm³/mol. The van der Waals surface area contributed by atoms with E-state index in [9.17, 15) is 4.79 Å². The molecular weight excluding hydrogens is 326 g/mol. The molecule has 24 heavy (non-hydrogen) atoms. The van der Waals surface area contributed by atoms with E-state index in [0.29, 0.717) is 24.0 Å². The molecule has 128 valence electrons. The van der Waals surface area contributed by atoms with Crippen LogP contribution in [0.4, 0.5) is 0 Å². The monoisotopic (exact) mass is 347 g/mol. The fourth-order valence-corrected chi connectivity index (χ4v) is 3.61. The molecule has 1 saturated heterocycles. The second-order valence-corrected chi connectivity index (χ2v) is 6.95. The minimum absolute atomic E-state index is 0.0694. The van der Waals surface area contributed by atoms with Gasteiger partial charge in [-0.15, -0.1) is 5.10 Å². The van der Waals surface area contributed by atoms with Crippen LogP contribution in [0.1, 0.15) is 19.4 Å². The van der Waals surface area contributed by atoms with Gasteiger partial charge < -0.3 is 9.64 Å². The van der Waals surface area contributed by atoms with E-state index in [2.05, 4.69) is 15.5 Å². The normalized spacial score (nSPS) is 21.0. The second kappa shape index (κ2) is 7.31. The van der Waals surface area contributed by atoms with Crippen LogP contribution in [0.5, 0.6) is 0 Å². The molecule has 0 saturated carbocycles. The number of aryl methyl sites for hydroxylation is 1. The van der Waals surface area contributed by atoms with Crippen molar-refractivity contribution in [3.63, 3.8) is 0 Å². The summed E-state index contributed by atoms with van der Waals surface area (Å²) in [6.07, 6.45) is 0.139. The Labute approximate surface area is 145 Å². The molecule has 2 heterocycles. The third-order valence-corrected chi connectivity index (χ3v) is 4.79. The Morgan fingerprint density at radius 2 is 2.00 bits per heavy atom. The van der Waals surface area contributed by atoms with Gasteiger partial charge in [-0.25, -0.2) is 0 Å². The van der Waals surface area contributed by atoms with Crippen LogP contribution in [-0.2, 0) is 9.53 Å². The minimum atomic E-state index is 0.0694. The summed E-state index contributed by atoms with van der Waals surface area (Å²) in [5.41, 5.74) is 2.00. The van der Waals surface area contributed by atoms with E-state index in [4.69, 9.17) is 4.74 Å². The van der Waals surface area contributed by atoms with Gasteiger partial charge in [0.1, 0.15) is 0 Å². The van der Waals surface area contributed by atoms with Gasteiger partial charge in [0.05, 0.1) is 23.6 Å². The van der Waals surface area contributed by atoms with Crippen LogP contribution in [-0.4, -0.2) is 62.1 Å². The molecule has 0 unspecified atom stereocenters. The first-order chi connectivity index (χ1) is 11.5. The average Bonchev–Trinajstić information content (AvgIpc) is 3.00. The van der Waals surface area contributed by atoms with E-state index < -0.39 is 0 Å². The summed E-state index contributed by atoms with van der Waals surface area (Å²) in [6, 6.07) is 7.89. The van der Waals surface area contributed by atoms with E-state index in [1.54, 1.807) is 4.68 Å². The van der Waals surface area contributed by atoms with Crippen molar-refractivity contribution in [2.45, 2.75) is 38.1 Å². The zero-order chi connectivity index (χ0) is 17.1. The van der Waals surface area contributed by atoms with E-state index in [1.165, 1.54) is 11.8 Å². The number of rotatable bonds is 4. The molecule has 1 aromatic carbocycles. The molecule has 0 spiro atoms. The van der Waals surface area contributed by atoms with Gasteiger partial charge in [-0.1, -0.05) is 30.0 Å². The zero-order valence-corrected chi connectivity index (χ0v) is 14.9. The van der Waals surface area contributed by atoms with Gasteiger partial charge in [0.25, 0.3) is 0 Å². The van der Waals surface area contributed by atoms with E-state index in [0.717, 1.165) is 11.3 Å². The smallest absolute Gasteiger partial charge is 0.233 e. The number of nitrogens with zero attached hydrogens (tertiary/aromatic N) is 5. The number of morpholine rings is 1. The Morgan fingerprint density at radius 1 is 1.29 bits per heavy atom. The van der Waals surface area contributed by atoms with Crippen molar-refractivity contribution in [1.82, 2.24) is 25.1 Å². The first-order valence-electron chi connectivity index (χ1n) is 7.95. The number of carbonyl (C=O) groups is 1. The Balaban J connectivity index is 1.67. The summed E-state index contributed by atoms with van der Waals surface area (Å²) in [6.45, 7) is 7.25.